The van der Waals surface area contributed by atoms with Crippen molar-refractivity contribution in [2.75, 3.05) is 32.1 Å². The Morgan fingerprint density at radius 3 is 2.38 bits per heavy atom. The molecule has 0 aliphatic carbocycles. The fourth-order valence-corrected chi connectivity index (χ4v) is 5.27. The van der Waals surface area contributed by atoms with Crippen LogP contribution in [0.1, 0.15) is 46.9 Å². The van der Waals surface area contributed by atoms with Gasteiger partial charge in [0, 0.05) is 36.5 Å². The van der Waals surface area contributed by atoms with Crippen molar-refractivity contribution in [1.82, 2.24) is 4.31 Å². The zero-order valence-electron chi connectivity index (χ0n) is 18.8. The molecule has 182 valence electrons. The molecule has 0 unspecified atom stereocenters. The van der Waals surface area contributed by atoms with Crippen molar-refractivity contribution in [1.29, 1.82) is 0 Å². The first-order valence-corrected chi connectivity index (χ1v) is 12.1. The van der Waals surface area contributed by atoms with Gasteiger partial charge in [-0.3, -0.25) is 14.9 Å². The van der Waals surface area contributed by atoms with E-state index in [4.69, 9.17) is 4.74 Å². The molecule has 2 aromatic rings. The van der Waals surface area contributed by atoms with E-state index in [1.165, 1.54) is 22.5 Å². The topological polar surface area (TPSA) is 145 Å². The first-order chi connectivity index (χ1) is 16.2. The summed E-state index contributed by atoms with van der Waals surface area (Å²) in [4.78, 5) is 35.1. The molecule has 34 heavy (non-hydrogen) atoms. The van der Waals surface area contributed by atoms with Crippen LogP contribution in [0.2, 0.25) is 0 Å². The van der Waals surface area contributed by atoms with Crippen LogP contribution >= 0.6 is 0 Å². The summed E-state index contributed by atoms with van der Waals surface area (Å²) in [6.07, 6.45) is 2.47. The summed E-state index contributed by atoms with van der Waals surface area (Å²) in [5.41, 5.74) is -0.644. The summed E-state index contributed by atoms with van der Waals surface area (Å²) in [6, 6.07) is 7.39. The molecule has 1 heterocycles. The molecular weight excluding hydrogens is 466 g/mol. The van der Waals surface area contributed by atoms with E-state index in [9.17, 15) is 28.1 Å². The Morgan fingerprint density at radius 2 is 1.76 bits per heavy atom. The van der Waals surface area contributed by atoms with Crippen LogP contribution in [-0.2, 0) is 14.8 Å². The molecule has 0 saturated carbocycles. The number of carbonyl (C=O) groups is 2. The normalized spacial score (nSPS) is 14.3. The van der Waals surface area contributed by atoms with Crippen LogP contribution in [0, 0.1) is 10.1 Å². The standard InChI is InChI=1S/C22H25N3O8S/c1-3-33-19-8-7-17(14-20(19)34(30,31)24-9-5-4-6-10-24)23-21(26)15-11-16(22(27)32-2)13-18(12-15)25(28)29/h7-8,11-14H,3-6,9-10H2,1-2H3,(H,23,26). The minimum absolute atomic E-state index is 0.0802. The van der Waals surface area contributed by atoms with Crippen molar-refractivity contribution >= 4 is 33.3 Å². The summed E-state index contributed by atoms with van der Waals surface area (Å²) in [5, 5.41) is 13.8. The van der Waals surface area contributed by atoms with Crippen LogP contribution in [0.25, 0.3) is 0 Å². The Balaban J connectivity index is 1.96. The van der Waals surface area contributed by atoms with E-state index >= 15 is 0 Å². The van der Waals surface area contributed by atoms with Gasteiger partial charge in [0.1, 0.15) is 10.6 Å². The van der Waals surface area contributed by atoms with Crippen LogP contribution in [-0.4, -0.2) is 56.3 Å². The van der Waals surface area contributed by atoms with Gasteiger partial charge in [0.05, 0.1) is 24.2 Å². The highest BCUT2D eigenvalue weighted by Crippen LogP contribution is 2.32. The molecule has 1 N–H and O–H groups in total. The monoisotopic (exact) mass is 491 g/mol. The minimum Gasteiger partial charge on any atom is -0.492 e. The second-order valence-electron chi connectivity index (χ2n) is 7.53. The van der Waals surface area contributed by atoms with Gasteiger partial charge >= 0.3 is 5.97 Å². The number of benzene rings is 2. The zero-order chi connectivity index (χ0) is 24.9. The fourth-order valence-electron chi connectivity index (χ4n) is 3.59. The number of hydrogen-bond donors (Lipinski definition) is 1. The number of sulfonamides is 1. The van der Waals surface area contributed by atoms with Gasteiger partial charge < -0.3 is 14.8 Å². The minimum atomic E-state index is -3.87. The Kier molecular flexibility index (Phi) is 7.84. The van der Waals surface area contributed by atoms with Gasteiger partial charge in [-0.1, -0.05) is 6.42 Å². The van der Waals surface area contributed by atoms with Gasteiger partial charge in [0.2, 0.25) is 10.0 Å². The molecule has 2 aromatic carbocycles. The second-order valence-corrected chi connectivity index (χ2v) is 9.44. The van der Waals surface area contributed by atoms with Crippen molar-refractivity contribution < 1.29 is 32.4 Å². The third-order valence-electron chi connectivity index (χ3n) is 5.25. The lowest BCUT2D eigenvalue weighted by Crippen LogP contribution is -2.35. The lowest BCUT2D eigenvalue weighted by Gasteiger charge is -2.27. The van der Waals surface area contributed by atoms with Crippen molar-refractivity contribution in [3.05, 3.63) is 57.6 Å². The maximum absolute atomic E-state index is 13.3. The number of nitro groups is 1. The predicted molar refractivity (Wildman–Crippen MR) is 123 cm³/mol. The predicted octanol–water partition coefficient (Wildman–Crippen LogP) is 3.21. The summed E-state index contributed by atoms with van der Waals surface area (Å²) in [7, 11) is -2.75. The Bertz CT molecular complexity index is 1210. The quantitative estimate of drug-likeness (QED) is 0.337. The zero-order valence-corrected chi connectivity index (χ0v) is 19.6. The van der Waals surface area contributed by atoms with Crippen LogP contribution in [0.4, 0.5) is 11.4 Å². The SMILES string of the molecule is CCOc1ccc(NC(=O)c2cc(C(=O)OC)cc([N+](=O)[O-])c2)cc1S(=O)(=O)N1CCCCC1. The lowest BCUT2D eigenvalue weighted by atomic mass is 10.1. The molecule has 0 atom stereocenters. The van der Waals surface area contributed by atoms with Crippen LogP contribution in [0.5, 0.6) is 5.75 Å². The van der Waals surface area contributed by atoms with E-state index in [-0.39, 0.29) is 34.1 Å². The number of carbonyl (C=O) groups excluding carboxylic acids is 2. The Morgan fingerprint density at radius 1 is 1.09 bits per heavy atom. The van der Waals surface area contributed by atoms with E-state index in [0.717, 1.165) is 44.6 Å². The molecule has 12 heteroatoms. The van der Waals surface area contributed by atoms with Crippen LogP contribution in [0.3, 0.4) is 0 Å². The van der Waals surface area contributed by atoms with Crippen LogP contribution in [0.15, 0.2) is 41.3 Å². The number of hydrogen-bond acceptors (Lipinski definition) is 8. The van der Waals surface area contributed by atoms with Crippen LogP contribution < -0.4 is 10.1 Å². The molecule has 0 radical (unpaired) electrons. The molecule has 1 amide bonds. The maximum Gasteiger partial charge on any atom is 0.338 e. The van der Waals surface area contributed by atoms with E-state index in [2.05, 4.69) is 10.1 Å². The Labute approximate surface area is 196 Å². The van der Waals surface area contributed by atoms with Gasteiger partial charge in [0.15, 0.2) is 0 Å². The number of anilines is 1. The summed E-state index contributed by atoms with van der Waals surface area (Å²) >= 11 is 0. The van der Waals surface area contributed by atoms with Gasteiger partial charge in [-0.2, -0.15) is 4.31 Å². The highest BCUT2D eigenvalue weighted by molar-refractivity contribution is 7.89. The lowest BCUT2D eigenvalue weighted by molar-refractivity contribution is -0.384. The first-order valence-electron chi connectivity index (χ1n) is 10.6. The number of ether oxygens (including phenoxy) is 2. The molecule has 1 saturated heterocycles. The number of piperidine rings is 1. The third-order valence-corrected chi connectivity index (χ3v) is 7.17. The number of methoxy groups -OCH3 is 1. The highest BCUT2D eigenvalue weighted by atomic mass is 32.2. The first kappa shape index (κ1) is 25.1. The average molecular weight is 492 g/mol. The van der Waals surface area contributed by atoms with Crippen molar-refractivity contribution in [3.8, 4) is 5.75 Å². The molecule has 11 nitrogen and oxygen atoms in total. The Hall–Kier alpha value is -3.51. The summed E-state index contributed by atoms with van der Waals surface area (Å²) in [6.45, 7) is 2.77. The van der Waals surface area contributed by atoms with Crippen molar-refractivity contribution in [3.63, 3.8) is 0 Å². The largest absolute Gasteiger partial charge is 0.492 e. The molecular formula is C22H25N3O8S. The van der Waals surface area contributed by atoms with Crippen molar-refractivity contribution in [2.45, 2.75) is 31.1 Å². The maximum atomic E-state index is 13.3. The van der Waals surface area contributed by atoms with E-state index < -0.39 is 32.5 Å². The fraction of sp³-hybridized carbons (Fsp3) is 0.364. The number of rotatable bonds is 8. The summed E-state index contributed by atoms with van der Waals surface area (Å²) in [5.74, 6) is -1.44. The smallest absolute Gasteiger partial charge is 0.338 e. The number of nitro benzene ring substituents is 1. The van der Waals surface area contributed by atoms with Gasteiger partial charge in [0.25, 0.3) is 11.6 Å². The van der Waals surface area contributed by atoms with E-state index in [0.29, 0.717) is 13.1 Å². The summed E-state index contributed by atoms with van der Waals surface area (Å²) < 4.78 is 38.0. The number of nitrogens with zero attached hydrogens (tertiary/aromatic N) is 2. The molecule has 1 aliphatic rings. The molecule has 0 spiro atoms. The third kappa shape index (κ3) is 5.51. The number of amides is 1. The highest BCUT2D eigenvalue weighted by Gasteiger charge is 2.29. The second kappa shape index (κ2) is 10.6. The molecule has 0 aromatic heterocycles. The number of nitrogens with one attached hydrogen (secondary N) is 1. The molecule has 0 bridgehead atoms. The van der Waals surface area contributed by atoms with Gasteiger partial charge in [-0.05, 0) is 44.0 Å². The number of non-ortho nitro benzene ring substituents is 1. The van der Waals surface area contributed by atoms with E-state index in [1.54, 1.807) is 6.92 Å². The van der Waals surface area contributed by atoms with Crippen molar-refractivity contribution in [2.24, 2.45) is 0 Å². The number of esters is 1. The van der Waals surface area contributed by atoms with Gasteiger partial charge in [-0.15, -0.1) is 0 Å². The van der Waals surface area contributed by atoms with Gasteiger partial charge in [-0.25, -0.2) is 13.2 Å². The molecule has 3 rings (SSSR count). The molecule has 1 fully saturated rings. The van der Waals surface area contributed by atoms with E-state index in [1.807, 2.05) is 0 Å². The average Bonchev–Trinajstić information content (AvgIpc) is 2.84. The molecule has 1 aliphatic heterocycles.